The van der Waals surface area contributed by atoms with Gasteiger partial charge >= 0.3 is 0 Å². The first kappa shape index (κ1) is 12.6. The summed E-state index contributed by atoms with van der Waals surface area (Å²) in [7, 11) is 0. The summed E-state index contributed by atoms with van der Waals surface area (Å²) < 4.78 is 1.08. The van der Waals surface area contributed by atoms with Crippen molar-refractivity contribution in [1.29, 1.82) is 0 Å². The van der Waals surface area contributed by atoms with Crippen LogP contribution in [0, 0.1) is 0 Å². The molecule has 1 atom stereocenters. The molecule has 0 bridgehead atoms. The first-order valence-electron chi connectivity index (χ1n) is 5.20. The molecular formula is C11H13BrN4S. The van der Waals surface area contributed by atoms with Gasteiger partial charge in [-0.3, -0.25) is 5.10 Å². The van der Waals surface area contributed by atoms with Gasteiger partial charge in [-0.15, -0.1) is 11.8 Å². The molecule has 0 amide bonds. The van der Waals surface area contributed by atoms with Crippen molar-refractivity contribution >= 4 is 27.7 Å². The van der Waals surface area contributed by atoms with Crippen LogP contribution in [0.3, 0.4) is 0 Å². The highest BCUT2D eigenvalue weighted by atomic mass is 79.9. The molecule has 90 valence electrons. The Balaban J connectivity index is 1.97. The molecule has 0 aliphatic carbocycles. The zero-order valence-electron chi connectivity index (χ0n) is 9.35. The molecule has 1 heterocycles. The van der Waals surface area contributed by atoms with Crippen LogP contribution in [-0.4, -0.2) is 15.2 Å². The molecule has 1 unspecified atom stereocenters. The Kier molecular flexibility index (Phi) is 4.20. The van der Waals surface area contributed by atoms with E-state index in [2.05, 4.69) is 43.2 Å². The summed E-state index contributed by atoms with van der Waals surface area (Å²) >= 11 is 5.15. The Labute approximate surface area is 113 Å². The van der Waals surface area contributed by atoms with Crippen LogP contribution >= 0.6 is 27.7 Å². The van der Waals surface area contributed by atoms with E-state index in [0.29, 0.717) is 5.82 Å². The zero-order chi connectivity index (χ0) is 12.3. The number of rotatable bonds is 4. The largest absolute Gasteiger partial charge is 0.321 e. The first-order valence-corrected chi connectivity index (χ1v) is 6.98. The lowest BCUT2D eigenvalue weighted by molar-refractivity contribution is 0.745. The van der Waals surface area contributed by atoms with Gasteiger partial charge in [0.15, 0.2) is 5.82 Å². The minimum absolute atomic E-state index is 0.129. The van der Waals surface area contributed by atoms with Crippen molar-refractivity contribution < 1.29 is 0 Å². The topological polar surface area (TPSA) is 67.6 Å². The SMILES string of the molecule is CC(N)c1n[nH]c(CSc2cccc(Br)c2)n1. The van der Waals surface area contributed by atoms with Crippen molar-refractivity contribution in [2.75, 3.05) is 0 Å². The number of H-pyrrole nitrogens is 1. The second kappa shape index (κ2) is 5.66. The lowest BCUT2D eigenvalue weighted by atomic mass is 10.3. The summed E-state index contributed by atoms with van der Waals surface area (Å²) in [6.07, 6.45) is 0. The monoisotopic (exact) mass is 312 g/mol. The number of aromatic amines is 1. The molecule has 0 saturated heterocycles. The number of halogens is 1. The fourth-order valence-electron chi connectivity index (χ4n) is 1.29. The summed E-state index contributed by atoms with van der Waals surface area (Å²) in [5, 5.41) is 6.96. The Bertz CT molecular complexity index is 498. The lowest BCUT2D eigenvalue weighted by Crippen LogP contribution is -2.06. The Morgan fingerprint density at radius 1 is 1.53 bits per heavy atom. The van der Waals surface area contributed by atoms with Crippen molar-refractivity contribution in [2.45, 2.75) is 23.6 Å². The molecular weight excluding hydrogens is 300 g/mol. The number of nitrogens with zero attached hydrogens (tertiary/aromatic N) is 2. The number of hydrogen-bond donors (Lipinski definition) is 2. The second-order valence-corrected chi connectivity index (χ2v) is 5.64. The second-order valence-electron chi connectivity index (χ2n) is 3.68. The smallest absolute Gasteiger partial charge is 0.167 e. The van der Waals surface area contributed by atoms with Crippen molar-refractivity contribution in [3.8, 4) is 0 Å². The Hall–Kier alpha value is -0.850. The van der Waals surface area contributed by atoms with Gasteiger partial charge in [0.1, 0.15) is 5.82 Å². The van der Waals surface area contributed by atoms with Crippen LogP contribution in [0.1, 0.15) is 24.6 Å². The Morgan fingerprint density at radius 3 is 3.00 bits per heavy atom. The molecule has 1 aromatic carbocycles. The molecule has 0 aliphatic heterocycles. The molecule has 0 spiro atoms. The van der Waals surface area contributed by atoms with Crippen molar-refractivity contribution in [1.82, 2.24) is 15.2 Å². The van der Waals surface area contributed by atoms with Crippen molar-refractivity contribution in [3.63, 3.8) is 0 Å². The molecule has 3 N–H and O–H groups in total. The number of thioether (sulfide) groups is 1. The van der Waals surface area contributed by atoms with Crippen molar-refractivity contribution in [3.05, 3.63) is 40.4 Å². The predicted molar refractivity (Wildman–Crippen MR) is 72.7 cm³/mol. The maximum atomic E-state index is 5.70. The minimum atomic E-state index is -0.129. The average Bonchev–Trinajstić information content (AvgIpc) is 2.75. The van der Waals surface area contributed by atoms with Gasteiger partial charge in [-0.1, -0.05) is 22.0 Å². The van der Waals surface area contributed by atoms with Crippen LogP contribution in [0.15, 0.2) is 33.6 Å². The maximum absolute atomic E-state index is 5.70. The molecule has 2 rings (SSSR count). The number of nitrogens with one attached hydrogen (secondary N) is 1. The zero-order valence-corrected chi connectivity index (χ0v) is 11.8. The molecule has 1 aromatic heterocycles. The molecule has 0 fully saturated rings. The number of benzene rings is 1. The van der Waals surface area contributed by atoms with Gasteiger partial charge in [0.05, 0.1) is 11.8 Å². The maximum Gasteiger partial charge on any atom is 0.167 e. The van der Waals surface area contributed by atoms with Gasteiger partial charge in [0.25, 0.3) is 0 Å². The molecule has 0 radical (unpaired) electrons. The van der Waals surface area contributed by atoms with E-state index >= 15 is 0 Å². The fourth-order valence-corrected chi connectivity index (χ4v) is 2.66. The van der Waals surface area contributed by atoms with E-state index in [0.717, 1.165) is 16.0 Å². The lowest BCUT2D eigenvalue weighted by Gasteiger charge is -1.99. The van der Waals surface area contributed by atoms with E-state index in [9.17, 15) is 0 Å². The van der Waals surface area contributed by atoms with E-state index in [1.54, 1.807) is 11.8 Å². The third-order valence-corrected chi connectivity index (χ3v) is 3.63. The van der Waals surface area contributed by atoms with Gasteiger partial charge < -0.3 is 5.73 Å². The summed E-state index contributed by atoms with van der Waals surface area (Å²) in [5.41, 5.74) is 5.70. The number of nitrogens with two attached hydrogens (primary N) is 1. The molecule has 0 saturated carbocycles. The van der Waals surface area contributed by atoms with Crippen molar-refractivity contribution in [2.24, 2.45) is 5.73 Å². The number of hydrogen-bond acceptors (Lipinski definition) is 4. The highest BCUT2D eigenvalue weighted by Crippen LogP contribution is 2.24. The van der Waals surface area contributed by atoms with E-state index in [-0.39, 0.29) is 6.04 Å². The van der Waals surface area contributed by atoms with Gasteiger partial charge in [-0.05, 0) is 25.1 Å². The normalized spacial score (nSPS) is 12.6. The summed E-state index contributed by atoms with van der Waals surface area (Å²) in [6.45, 7) is 1.87. The predicted octanol–water partition coefficient (Wildman–Crippen LogP) is 2.88. The van der Waals surface area contributed by atoms with Gasteiger partial charge in [0.2, 0.25) is 0 Å². The summed E-state index contributed by atoms with van der Waals surface area (Å²) in [6, 6.07) is 8.04. The molecule has 0 aliphatic rings. The van der Waals surface area contributed by atoms with E-state index < -0.39 is 0 Å². The Morgan fingerprint density at radius 2 is 2.35 bits per heavy atom. The highest BCUT2D eigenvalue weighted by molar-refractivity contribution is 9.10. The quantitative estimate of drug-likeness (QED) is 0.852. The fraction of sp³-hybridized carbons (Fsp3) is 0.273. The van der Waals surface area contributed by atoms with Gasteiger partial charge in [0, 0.05) is 9.37 Å². The highest BCUT2D eigenvalue weighted by Gasteiger charge is 2.07. The molecule has 4 nitrogen and oxygen atoms in total. The summed E-state index contributed by atoms with van der Waals surface area (Å²) in [5.74, 6) is 2.27. The van der Waals surface area contributed by atoms with Crippen LogP contribution in [0.4, 0.5) is 0 Å². The molecule has 6 heteroatoms. The van der Waals surface area contributed by atoms with Crippen LogP contribution in [0.25, 0.3) is 0 Å². The van der Waals surface area contributed by atoms with Gasteiger partial charge in [-0.25, -0.2) is 4.98 Å². The van der Waals surface area contributed by atoms with Crippen LogP contribution in [0.2, 0.25) is 0 Å². The average molecular weight is 313 g/mol. The minimum Gasteiger partial charge on any atom is -0.321 e. The third-order valence-electron chi connectivity index (χ3n) is 2.13. The third kappa shape index (κ3) is 3.55. The van der Waals surface area contributed by atoms with Crippen LogP contribution in [0.5, 0.6) is 0 Å². The van der Waals surface area contributed by atoms with Crippen LogP contribution < -0.4 is 5.73 Å². The summed E-state index contributed by atoms with van der Waals surface area (Å²) in [4.78, 5) is 5.52. The van der Waals surface area contributed by atoms with Gasteiger partial charge in [-0.2, -0.15) is 5.10 Å². The van der Waals surface area contributed by atoms with E-state index in [1.807, 2.05) is 19.1 Å². The standard InChI is InChI=1S/C11H13BrN4S/c1-7(13)11-14-10(15-16-11)6-17-9-4-2-3-8(12)5-9/h2-5,7H,6,13H2,1H3,(H,14,15,16). The van der Waals surface area contributed by atoms with E-state index in [4.69, 9.17) is 5.73 Å². The number of aromatic nitrogens is 3. The van der Waals surface area contributed by atoms with E-state index in [1.165, 1.54) is 4.90 Å². The molecule has 17 heavy (non-hydrogen) atoms. The van der Waals surface area contributed by atoms with Crippen LogP contribution in [-0.2, 0) is 5.75 Å². The molecule has 2 aromatic rings. The first-order chi connectivity index (χ1) is 8.15.